The fourth-order valence-electron chi connectivity index (χ4n) is 3.30. The number of ether oxygens (including phenoxy) is 4. The van der Waals surface area contributed by atoms with Gasteiger partial charge in [-0.3, -0.25) is 29.3 Å². The minimum Gasteiger partial charge on any atom is -0.493 e. The Morgan fingerprint density at radius 2 is 1.92 bits per heavy atom. The Kier molecular flexibility index (Phi) is 12.2. The molecule has 39 heavy (non-hydrogen) atoms. The Morgan fingerprint density at radius 1 is 1.21 bits per heavy atom. The Balaban J connectivity index is 1.91. The standard InChI is InChI=1S/C22H28N6O11/c1-14(38-22(32)39-27-20(30)5-6-21(27)31)15-12-17(35-2)18(13-16(15)28(33)34)37-9-3-4-19(29)24-7-10-36-11-8-25-26-23/h12-14H,3-11H2,1-2H3,(H,24,29). The number of amides is 3. The summed E-state index contributed by atoms with van der Waals surface area (Å²) in [6, 6.07) is 2.35. The number of hydrogen-bond donors (Lipinski definition) is 1. The molecule has 0 radical (unpaired) electrons. The largest absolute Gasteiger partial charge is 0.534 e. The van der Waals surface area contributed by atoms with Crippen LogP contribution < -0.4 is 14.8 Å². The summed E-state index contributed by atoms with van der Waals surface area (Å²) in [7, 11) is 1.31. The maximum absolute atomic E-state index is 12.1. The molecule has 1 aromatic carbocycles. The van der Waals surface area contributed by atoms with Crippen molar-refractivity contribution in [3.8, 4) is 11.5 Å². The molecule has 1 saturated heterocycles. The molecular weight excluding hydrogens is 524 g/mol. The second-order valence-corrected chi connectivity index (χ2v) is 7.87. The van der Waals surface area contributed by atoms with Crippen molar-refractivity contribution in [3.63, 3.8) is 0 Å². The van der Waals surface area contributed by atoms with Crippen molar-refractivity contribution in [2.24, 2.45) is 5.11 Å². The van der Waals surface area contributed by atoms with E-state index >= 15 is 0 Å². The number of nitrogens with zero attached hydrogens (tertiary/aromatic N) is 5. The Labute approximate surface area is 222 Å². The number of nitro groups is 1. The highest BCUT2D eigenvalue weighted by Gasteiger charge is 2.34. The molecule has 17 heteroatoms. The molecule has 0 aliphatic carbocycles. The molecule has 0 spiro atoms. The number of benzene rings is 1. The average Bonchev–Trinajstić information content (AvgIpc) is 3.21. The maximum Gasteiger partial charge on any atom is 0.534 e. The van der Waals surface area contributed by atoms with Gasteiger partial charge in [-0.15, -0.1) is 0 Å². The Hall–Kier alpha value is -4.63. The van der Waals surface area contributed by atoms with Gasteiger partial charge in [0.05, 0.1) is 43.5 Å². The highest BCUT2D eigenvalue weighted by Crippen LogP contribution is 2.38. The summed E-state index contributed by atoms with van der Waals surface area (Å²) >= 11 is 0. The van der Waals surface area contributed by atoms with E-state index in [0.29, 0.717) is 11.5 Å². The lowest BCUT2D eigenvalue weighted by molar-refractivity contribution is -0.386. The number of hydrogen-bond acceptors (Lipinski definition) is 12. The highest BCUT2D eigenvalue weighted by atomic mass is 16.8. The lowest BCUT2D eigenvalue weighted by Crippen LogP contribution is -2.32. The van der Waals surface area contributed by atoms with Gasteiger partial charge in [0.2, 0.25) is 5.91 Å². The molecule has 0 aromatic heterocycles. The lowest BCUT2D eigenvalue weighted by Gasteiger charge is -2.18. The summed E-state index contributed by atoms with van der Waals surface area (Å²) in [5.41, 5.74) is 7.66. The number of nitro benzene ring substituents is 1. The second-order valence-electron chi connectivity index (χ2n) is 7.87. The van der Waals surface area contributed by atoms with Crippen molar-refractivity contribution in [1.82, 2.24) is 10.4 Å². The third-order valence-corrected chi connectivity index (χ3v) is 5.17. The molecular formula is C22H28N6O11. The normalized spacial score (nSPS) is 13.3. The smallest absolute Gasteiger partial charge is 0.493 e. The maximum atomic E-state index is 12.1. The summed E-state index contributed by atoms with van der Waals surface area (Å²) in [4.78, 5) is 65.4. The van der Waals surface area contributed by atoms with Crippen LogP contribution in [0.2, 0.25) is 0 Å². The van der Waals surface area contributed by atoms with Crippen LogP contribution in [0, 0.1) is 10.1 Å². The summed E-state index contributed by atoms with van der Waals surface area (Å²) < 4.78 is 21.1. The van der Waals surface area contributed by atoms with E-state index in [2.05, 4.69) is 20.2 Å². The van der Waals surface area contributed by atoms with Gasteiger partial charge < -0.3 is 24.3 Å². The molecule has 1 fully saturated rings. The van der Waals surface area contributed by atoms with Crippen LogP contribution in [0.15, 0.2) is 17.2 Å². The quantitative estimate of drug-likeness (QED) is 0.0458. The van der Waals surface area contributed by atoms with Gasteiger partial charge in [0.1, 0.15) is 6.10 Å². The first kappa shape index (κ1) is 30.6. The van der Waals surface area contributed by atoms with Crippen LogP contribution >= 0.6 is 0 Å². The molecule has 17 nitrogen and oxygen atoms in total. The average molecular weight is 552 g/mol. The van der Waals surface area contributed by atoms with Crippen LogP contribution in [0.25, 0.3) is 10.4 Å². The minimum atomic E-state index is -1.39. The molecule has 1 aliphatic heterocycles. The molecule has 2 rings (SSSR count). The van der Waals surface area contributed by atoms with Crippen LogP contribution in [0.4, 0.5) is 10.5 Å². The molecule has 1 heterocycles. The van der Waals surface area contributed by atoms with Crippen LogP contribution in [0.1, 0.15) is 44.3 Å². The van der Waals surface area contributed by atoms with E-state index in [4.69, 9.17) is 24.5 Å². The first-order valence-corrected chi connectivity index (χ1v) is 11.8. The summed E-state index contributed by atoms with van der Waals surface area (Å²) in [6.07, 6.45) is -2.41. The number of rotatable bonds is 16. The zero-order valence-corrected chi connectivity index (χ0v) is 21.3. The predicted molar refractivity (Wildman–Crippen MR) is 129 cm³/mol. The van der Waals surface area contributed by atoms with E-state index in [1.165, 1.54) is 20.1 Å². The molecule has 212 valence electrons. The van der Waals surface area contributed by atoms with E-state index in [9.17, 15) is 29.3 Å². The van der Waals surface area contributed by atoms with Crippen LogP contribution in [-0.2, 0) is 28.7 Å². The molecule has 1 aromatic rings. The van der Waals surface area contributed by atoms with Crippen LogP contribution in [-0.4, -0.2) is 73.9 Å². The zero-order chi connectivity index (χ0) is 28.8. The molecule has 0 saturated carbocycles. The van der Waals surface area contributed by atoms with E-state index in [-0.39, 0.29) is 75.1 Å². The second kappa shape index (κ2) is 15.6. The van der Waals surface area contributed by atoms with Gasteiger partial charge in [0.15, 0.2) is 11.5 Å². The van der Waals surface area contributed by atoms with Crippen molar-refractivity contribution >= 4 is 29.6 Å². The Bertz CT molecular complexity index is 1110. The first-order valence-electron chi connectivity index (χ1n) is 11.8. The van der Waals surface area contributed by atoms with Gasteiger partial charge in [0.25, 0.3) is 17.5 Å². The van der Waals surface area contributed by atoms with E-state index in [0.717, 1.165) is 6.07 Å². The van der Waals surface area contributed by atoms with Gasteiger partial charge in [-0.2, -0.15) is 0 Å². The fraction of sp³-hybridized carbons (Fsp3) is 0.545. The van der Waals surface area contributed by atoms with Gasteiger partial charge in [-0.25, -0.2) is 4.79 Å². The Morgan fingerprint density at radius 3 is 2.56 bits per heavy atom. The van der Waals surface area contributed by atoms with Gasteiger partial charge >= 0.3 is 6.16 Å². The molecule has 0 bridgehead atoms. The van der Waals surface area contributed by atoms with Crippen molar-refractivity contribution in [1.29, 1.82) is 0 Å². The summed E-state index contributed by atoms with van der Waals surface area (Å²) in [5.74, 6) is -1.52. The van der Waals surface area contributed by atoms with E-state index in [1.54, 1.807) is 0 Å². The first-order chi connectivity index (χ1) is 18.7. The van der Waals surface area contributed by atoms with Crippen LogP contribution in [0.3, 0.4) is 0 Å². The third-order valence-electron chi connectivity index (χ3n) is 5.17. The van der Waals surface area contributed by atoms with E-state index in [1.807, 2.05) is 0 Å². The summed E-state index contributed by atoms with van der Waals surface area (Å²) in [6.45, 7) is 2.35. The SMILES string of the molecule is COc1cc(C(C)OC(=O)ON2C(=O)CCC2=O)c([N+](=O)[O-])cc1OCCCC(=O)NCCOCCN=[N+]=[N-]. The van der Waals surface area contributed by atoms with E-state index < -0.39 is 34.7 Å². The fourth-order valence-corrected chi connectivity index (χ4v) is 3.30. The predicted octanol–water partition coefficient (Wildman–Crippen LogP) is 2.48. The number of azide groups is 1. The van der Waals surface area contributed by atoms with Crippen molar-refractivity contribution < 1.29 is 47.9 Å². The van der Waals surface area contributed by atoms with Crippen molar-refractivity contribution in [2.45, 2.75) is 38.7 Å². The number of carbonyl (C=O) groups is 4. The topological polar surface area (TPSA) is 222 Å². The number of carbonyl (C=O) groups excluding carboxylic acids is 4. The molecule has 3 amide bonds. The highest BCUT2D eigenvalue weighted by molar-refractivity contribution is 6.01. The minimum absolute atomic E-state index is 0.0322. The third kappa shape index (κ3) is 9.64. The zero-order valence-electron chi connectivity index (χ0n) is 21.3. The van der Waals surface area contributed by atoms with Crippen LogP contribution in [0.5, 0.6) is 11.5 Å². The van der Waals surface area contributed by atoms with Crippen molar-refractivity contribution in [2.75, 3.05) is 40.0 Å². The number of nitrogens with one attached hydrogen (secondary N) is 1. The number of imide groups is 1. The summed E-state index contributed by atoms with van der Waals surface area (Å²) in [5, 5.41) is 18.0. The number of hydroxylamine groups is 2. The molecule has 1 atom stereocenters. The molecule has 1 aliphatic rings. The van der Waals surface area contributed by atoms with Gasteiger partial charge in [-0.05, 0) is 24.9 Å². The van der Waals surface area contributed by atoms with Crippen molar-refractivity contribution in [3.05, 3.63) is 38.3 Å². The van der Waals surface area contributed by atoms with Gasteiger partial charge in [0, 0.05) is 37.3 Å². The number of methoxy groups -OCH3 is 1. The lowest BCUT2D eigenvalue weighted by atomic mass is 10.1. The molecule has 1 unspecified atom stereocenters. The van der Waals surface area contributed by atoms with Gasteiger partial charge in [-0.1, -0.05) is 10.2 Å². The monoisotopic (exact) mass is 552 g/mol. The molecule has 1 N–H and O–H groups in total.